The maximum Gasteiger partial charge on any atom is 0.319 e. The molecule has 3 rings (SSSR count). The Morgan fingerprint density at radius 2 is 1.50 bits per heavy atom. The Labute approximate surface area is 163 Å². The lowest BCUT2D eigenvalue weighted by molar-refractivity contribution is -0.122. The molecule has 0 saturated heterocycles. The molecular formula is C21H24N4O3. The second-order valence-electron chi connectivity index (χ2n) is 6.69. The molecule has 7 nitrogen and oxygen atoms in total. The van der Waals surface area contributed by atoms with Crippen LogP contribution in [-0.4, -0.2) is 30.9 Å². The number of urea groups is 1. The molecule has 28 heavy (non-hydrogen) atoms. The summed E-state index contributed by atoms with van der Waals surface area (Å²) < 4.78 is 0. The van der Waals surface area contributed by atoms with Gasteiger partial charge in [-0.05, 0) is 42.7 Å². The Kier molecular flexibility index (Phi) is 6.62. The maximum absolute atomic E-state index is 12.1. The summed E-state index contributed by atoms with van der Waals surface area (Å²) in [7, 11) is 0. The number of hydrogen-bond donors (Lipinski definition) is 4. The molecule has 146 valence electrons. The van der Waals surface area contributed by atoms with Crippen molar-refractivity contribution >= 4 is 23.5 Å². The van der Waals surface area contributed by atoms with Crippen molar-refractivity contribution in [2.75, 3.05) is 18.4 Å². The van der Waals surface area contributed by atoms with Gasteiger partial charge < -0.3 is 21.3 Å². The normalized spacial score (nSPS) is 12.7. The zero-order valence-corrected chi connectivity index (χ0v) is 15.5. The van der Waals surface area contributed by atoms with Crippen molar-refractivity contribution in [2.24, 2.45) is 5.92 Å². The van der Waals surface area contributed by atoms with Crippen molar-refractivity contribution in [1.82, 2.24) is 16.0 Å². The average molecular weight is 380 g/mol. The van der Waals surface area contributed by atoms with E-state index < -0.39 is 0 Å². The van der Waals surface area contributed by atoms with Gasteiger partial charge in [0.2, 0.25) is 5.91 Å². The summed E-state index contributed by atoms with van der Waals surface area (Å²) in [6, 6.07) is 15.9. The van der Waals surface area contributed by atoms with Gasteiger partial charge in [0.05, 0.1) is 0 Å². The monoisotopic (exact) mass is 380 g/mol. The minimum atomic E-state index is -0.313. The first-order valence-corrected chi connectivity index (χ1v) is 9.36. The van der Waals surface area contributed by atoms with Crippen molar-refractivity contribution in [2.45, 2.75) is 19.4 Å². The zero-order valence-electron chi connectivity index (χ0n) is 15.5. The lowest BCUT2D eigenvalue weighted by Crippen LogP contribution is -2.35. The third-order valence-corrected chi connectivity index (χ3v) is 4.36. The summed E-state index contributed by atoms with van der Waals surface area (Å²) in [4.78, 5) is 35.6. The van der Waals surface area contributed by atoms with E-state index in [1.807, 2.05) is 30.3 Å². The SMILES string of the molecule is O=C(NCc1ccccc1)Nc1ccc(C(=O)NCCNC(=O)C2CC2)cc1. The predicted octanol–water partition coefficient (Wildman–Crippen LogP) is 2.26. The Morgan fingerprint density at radius 1 is 0.821 bits per heavy atom. The molecule has 0 heterocycles. The molecule has 2 aromatic carbocycles. The Morgan fingerprint density at radius 3 is 2.18 bits per heavy atom. The quantitative estimate of drug-likeness (QED) is 0.529. The second kappa shape index (κ2) is 9.55. The van der Waals surface area contributed by atoms with E-state index in [2.05, 4.69) is 21.3 Å². The Balaban J connectivity index is 1.37. The number of nitrogens with one attached hydrogen (secondary N) is 4. The summed E-state index contributed by atoms with van der Waals surface area (Å²) in [5.41, 5.74) is 2.10. The molecule has 4 N–H and O–H groups in total. The number of amides is 4. The molecule has 0 aliphatic heterocycles. The van der Waals surface area contributed by atoms with Gasteiger partial charge in [-0.2, -0.15) is 0 Å². The predicted molar refractivity (Wildman–Crippen MR) is 107 cm³/mol. The number of benzene rings is 2. The molecule has 0 atom stereocenters. The standard InChI is InChI=1S/C21H24N4O3/c26-19(16-6-7-16)22-12-13-23-20(27)17-8-10-18(11-9-17)25-21(28)24-14-15-4-2-1-3-5-15/h1-5,8-11,16H,6-7,12-14H2,(H,22,26)(H,23,27)(H2,24,25,28). The summed E-state index contributed by atoms with van der Waals surface area (Å²) in [5.74, 6) is 0.0107. The van der Waals surface area contributed by atoms with Crippen molar-refractivity contribution < 1.29 is 14.4 Å². The van der Waals surface area contributed by atoms with Gasteiger partial charge in [-0.15, -0.1) is 0 Å². The van der Waals surface area contributed by atoms with Gasteiger partial charge in [-0.3, -0.25) is 9.59 Å². The van der Waals surface area contributed by atoms with Gasteiger partial charge in [-0.25, -0.2) is 4.79 Å². The van der Waals surface area contributed by atoms with Crippen molar-refractivity contribution in [1.29, 1.82) is 0 Å². The topological polar surface area (TPSA) is 99.3 Å². The van der Waals surface area contributed by atoms with Crippen molar-refractivity contribution in [3.63, 3.8) is 0 Å². The van der Waals surface area contributed by atoms with E-state index in [4.69, 9.17) is 0 Å². The molecular weight excluding hydrogens is 356 g/mol. The van der Waals surface area contributed by atoms with Crippen LogP contribution in [0, 0.1) is 5.92 Å². The first kappa shape index (κ1) is 19.4. The molecule has 0 bridgehead atoms. The fourth-order valence-electron chi connectivity index (χ4n) is 2.61. The molecule has 1 saturated carbocycles. The van der Waals surface area contributed by atoms with Crippen LogP contribution < -0.4 is 21.3 Å². The van der Waals surface area contributed by atoms with E-state index in [-0.39, 0.29) is 23.8 Å². The highest BCUT2D eigenvalue weighted by Crippen LogP contribution is 2.28. The largest absolute Gasteiger partial charge is 0.354 e. The zero-order chi connectivity index (χ0) is 19.8. The van der Waals surface area contributed by atoms with Crippen molar-refractivity contribution in [3.8, 4) is 0 Å². The van der Waals surface area contributed by atoms with Crippen LogP contribution in [0.3, 0.4) is 0 Å². The molecule has 4 amide bonds. The minimum Gasteiger partial charge on any atom is -0.354 e. The van der Waals surface area contributed by atoms with Crippen LogP contribution in [0.2, 0.25) is 0 Å². The summed E-state index contributed by atoms with van der Waals surface area (Å²) >= 11 is 0. The average Bonchev–Trinajstić information content (AvgIpc) is 3.56. The fraction of sp³-hybridized carbons (Fsp3) is 0.286. The summed E-state index contributed by atoms with van der Waals surface area (Å²) in [6.45, 7) is 1.23. The number of carbonyl (C=O) groups is 3. The van der Waals surface area contributed by atoms with E-state index >= 15 is 0 Å². The van der Waals surface area contributed by atoms with Gasteiger partial charge in [-0.1, -0.05) is 30.3 Å². The van der Waals surface area contributed by atoms with Crippen LogP contribution in [0.25, 0.3) is 0 Å². The maximum atomic E-state index is 12.1. The fourth-order valence-corrected chi connectivity index (χ4v) is 2.61. The third-order valence-electron chi connectivity index (χ3n) is 4.36. The lowest BCUT2D eigenvalue weighted by Gasteiger charge is -2.09. The van der Waals surface area contributed by atoms with Gasteiger partial charge in [0.15, 0.2) is 0 Å². The number of rotatable bonds is 8. The van der Waals surface area contributed by atoms with E-state index in [1.54, 1.807) is 24.3 Å². The van der Waals surface area contributed by atoms with Crippen molar-refractivity contribution in [3.05, 3.63) is 65.7 Å². The van der Waals surface area contributed by atoms with Crippen LogP contribution in [0.5, 0.6) is 0 Å². The molecule has 0 spiro atoms. The smallest absolute Gasteiger partial charge is 0.319 e. The van der Waals surface area contributed by atoms with Crippen LogP contribution in [-0.2, 0) is 11.3 Å². The Bertz CT molecular complexity index is 817. The molecule has 1 aliphatic rings. The van der Waals surface area contributed by atoms with Gasteiger partial charge in [0, 0.05) is 36.8 Å². The second-order valence-corrected chi connectivity index (χ2v) is 6.69. The van der Waals surface area contributed by atoms with E-state index in [1.165, 1.54) is 0 Å². The molecule has 1 aliphatic carbocycles. The van der Waals surface area contributed by atoms with Gasteiger partial charge >= 0.3 is 6.03 Å². The minimum absolute atomic E-state index is 0.0650. The number of hydrogen-bond acceptors (Lipinski definition) is 3. The first-order valence-electron chi connectivity index (χ1n) is 9.36. The molecule has 1 fully saturated rings. The molecule has 2 aromatic rings. The van der Waals surface area contributed by atoms with Gasteiger partial charge in [0.25, 0.3) is 5.91 Å². The molecule has 7 heteroatoms. The van der Waals surface area contributed by atoms with Crippen LogP contribution in [0.1, 0.15) is 28.8 Å². The van der Waals surface area contributed by atoms with Crippen LogP contribution >= 0.6 is 0 Å². The van der Waals surface area contributed by atoms with E-state index in [0.717, 1.165) is 18.4 Å². The summed E-state index contributed by atoms with van der Waals surface area (Å²) in [6.07, 6.45) is 1.92. The molecule has 0 aromatic heterocycles. The Hall–Kier alpha value is -3.35. The molecule has 0 unspecified atom stereocenters. The van der Waals surface area contributed by atoms with Gasteiger partial charge in [0.1, 0.15) is 0 Å². The molecule has 0 radical (unpaired) electrons. The lowest BCUT2D eigenvalue weighted by atomic mass is 10.2. The highest BCUT2D eigenvalue weighted by molar-refractivity contribution is 5.95. The van der Waals surface area contributed by atoms with E-state index in [0.29, 0.717) is 30.9 Å². The highest BCUT2D eigenvalue weighted by atomic mass is 16.2. The van der Waals surface area contributed by atoms with Crippen LogP contribution in [0.4, 0.5) is 10.5 Å². The van der Waals surface area contributed by atoms with E-state index in [9.17, 15) is 14.4 Å². The van der Waals surface area contributed by atoms with Crippen LogP contribution in [0.15, 0.2) is 54.6 Å². The number of carbonyl (C=O) groups excluding carboxylic acids is 3. The third kappa shape index (κ3) is 6.12. The first-order chi connectivity index (χ1) is 13.6. The number of anilines is 1. The highest BCUT2D eigenvalue weighted by Gasteiger charge is 2.28. The summed E-state index contributed by atoms with van der Waals surface area (Å²) in [5, 5.41) is 11.1.